The molecule has 2 aromatic carbocycles. The van der Waals surface area contributed by atoms with Crippen molar-refractivity contribution in [3.63, 3.8) is 0 Å². The maximum atomic E-state index is 12.8. The van der Waals surface area contributed by atoms with Crippen molar-refractivity contribution in [3.8, 4) is 11.5 Å². The van der Waals surface area contributed by atoms with Gasteiger partial charge in [0, 0.05) is 12.1 Å². The van der Waals surface area contributed by atoms with Gasteiger partial charge in [0.25, 0.3) is 0 Å². The van der Waals surface area contributed by atoms with Gasteiger partial charge in [-0.3, -0.25) is 4.90 Å². The van der Waals surface area contributed by atoms with E-state index in [9.17, 15) is 9.90 Å². The Kier molecular flexibility index (Phi) is 8.57. The molecule has 30 heavy (non-hydrogen) atoms. The first-order valence-corrected chi connectivity index (χ1v) is 11.1. The second-order valence-corrected chi connectivity index (χ2v) is 7.92. The van der Waals surface area contributed by atoms with Crippen molar-refractivity contribution in [3.05, 3.63) is 59.7 Å². The van der Waals surface area contributed by atoms with E-state index in [1.54, 1.807) is 6.07 Å². The minimum absolute atomic E-state index is 0.0771. The second-order valence-electron chi connectivity index (χ2n) is 7.92. The van der Waals surface area contributed by atoms with Crippen LogP contribution in [0.3, 0.4) is 0 Å². The minimum atomic E-state index is -0.406. The molecule has 1 heterocycles. The highest BCUT2D eigenvalue weighted by molar-refractivity contribution is 5.92. The van der Waals surface area contributed by atoms with Crippen LogP contribution >= 0.6 is 0 Å². The van der Waals surface area contributed by atoms with Crippen LogP contribution in [-0.4, -0.2) is 48.3 Å². The number of benzene rings is 2. The van der Waals surface area contributed by atoms with E-state index in [1.807, 2.05) is 18.2 Å². The number of carbonyl (C=O) groups is 1. The molecule has 3 rings (SSSR count). The summed E-state index contributed by atoms with van der Waals surface area (Å²) in [6, 6.07) is 15.1. The van der Waals surface area contributed by atoms with E-state index >= 15 is 0 Å². The van der Waals surface area contributed by atoms with Crippen LogP contribution in [0.2, 0.25) is 0 Å². The topological polar surface area (TPSA) is 59.0 Å². The number of likely N-dealkylation sites (tertiary alicyclic amines) is 1. The summed E-state index contributed by atoms with van der Waals surface area (Å²) in [5, 5.41) is 9.79. The molecule has 5 heteroatoms. The number of unbranched alkanes of at least 4 members (excludes halogenated alkanes) is 1. The molecule has 0 saturated carbocycles. The summed E-state index contributed by atoms with van der Waals surface area (Å²) < 4.78 is 11.5. The summed E-state index contributed by atoms with van der Waals surface area (Å²) in [6.07, 6.45) is 6.37. The molecule has 0 radical (unpaired) electrons. The fourth-order valence-corrected chi connectivity index (χ4v) is 3.84. The molecule has 1 unspecified atom stereocenters. The van der Waals surface area contributed by atoms with Crippen molar-refractivity contribution >= 4 is 5.97 Å². The van der Waals surface area contributed by atoms with Crippen molar-refractivity contribution in [2.45, 2.75) is 51.5 Å². The quantitative estimate of drug-likeness (QED) is 0.448. The fourth-order valence-electron chi connectivity index (χ4n) is 3.84. The van der Waals surface area contributed by atoms with Gasteiger partial charge in [0.2, 0.25) is 0 Å². The normalized spacial score (nSPS) is 15.5. The predicted octanol–water partition coefficient (Wildman–Crippen LogP) is 4.83. The van der Waals surface area contributed by atoms with Gasteiger partial charge in [0.1, 0.15) is 23.7 Å². The van der Waals surface area contributed by atoms with E-state index < -0.39 is 5.97 Å². The first-order valence-electron chi connectivity index (χ1n) is 11.1. The summed E-state index contributed by atoms with van der Waals surface area (Å²) in [5.41, 5.74) is 1.61. The van der Waals surface area contributed by atoms with Gasteiger partial charge in [-0.15, -0.1) is 0 Å². The molecular formula is C25H33NO4. The van der Waals surface area contributed by atoms with Gasteiger partial charge in [-0.25, -0.2) is 4.79 Å². The molecule has 162 valence electrons. The molecule has 1 saturated heterocycles. The number of phenolic OH excluding ortho intramolecular Hbond substituents is 1. The molecule has 1 fully saturated rings. The number of phenols is 1. The number of rotatable bonds is 10. The lowest BCUT2D eigenvalue weighted by Gasteiger charge is -2.34. The zero-order valence-corrected chi connectivity index (χ0v) is 17.9. The Bertz CT molecular complexity index is 787. The number of ether oxygens (including phenoxy) is 2. The Balaban J connectivity index is 1.67. The van der Waals surface area contributed by atoms with E-state index in [4.69, 9.17) is 9.47 Å². The Labute approximate surface area is 179 Å². The standard InChI is InChI=1S/C25H33NO4/c1-2-3-16-29-24-18-22(27)12-13-23(24)25(28)30-19-21(26-14-8-5-9-15-26)17-20-10-6-4-7-11-20/h4,6-7,10-13,18,21,27H,2-3,5,8-9,14-17,19H2,1H3. The summed E-state index contributed by atoms with van der Waals surface area (Å²) in [7, 11) is 0. The SMILES string of the molecule is CCCCOc1cc(O)ccc1C(=O)OCC(Cc1ccccc1)N1CCCCC1. The maximum absolute atomic E-state index is 12.8. The van der Waals surface area contributed by atoms with Crippen LogP contribution in [0.4, 0.5) is 0 Å². The van der Waals surface area contributed by atoms with Gasteiger partial charge in [-0.2, -0.15) is 0 Å². The van der Waals surface area contributed by atoms with E-state index in [-0.39, 0.29) is 11.8 Å². The monoisotopic (exact) mass is 411 g/mol. The summed E-state index contributed by atoms with van der Waals surface area (Å²) in [4.78, 5) is 15.3. The molecule has 0 aliphatic carbocycles. The highest BCUT2D eigenvalue weighted by atomic mass is 16.5. The number of aromatic hydroxyl groups is 1. The Morgan fingerprint density at radius 2 is 1.87 bits per heavy atom. The van der Waals surface area contributed by atoms with Crippen molar-refractivity contribution < 1.29 is 19.4 Å². The average Bonchev–Trinajstić information content (AvgIpc) is 2.78. The predicted molar refractivity (Wildman–Crippen MR) is 118 cm³/mol. The van der Waals surface area contributed by atoms with Crippen LogP contribution in [-0.2, 0) is 11.2 Å². The molecule has 1 atom stereocenters. The lowest BCUT2D eigenvalue weighted by Crippen LogP contribution is -2.43. The van der Waals surface area contributed by atoms with Crippen LogP contribution in [0.15, 0.2) is 48.5 Å². The highest BCUT2D eigenvalue weighted by Crippen LogP contribution is 2.26. The number of hydrogen-bond donors (Lipinski definition) is 1. The van der Waals surface area contributed by atoms with Gasteiger partial charge in [0.15, 0.2) is 0 Å². The first-order chi connectivity index (χ1) is 14.7. The van der Waals surface area contributed by atoms with E-state index in [1.165, 1.54) is 37.0 Å². The van der Waals surface area contributed by atoms with E-state index in [0.717, 1.165) is 32.4 Å². The molecule has 0 spiro atoms. The van der Waals surface area contributed by atoms with Crippen molar-refractivity contribution in [1.29, 1.82) is 0 Å². The molecule has 0 aromatic heterocycles. The van der Waals surface area contributed by atoms with Crippen molar-refractivity contribution in [1.82, 2.24) is 4.90 Å². The second kappa shape index (κ2) is 11.6. The molecule has 2 aromatic rings. The lowest BCUT2D eigenvalue weighted by molar-refractivity contribution is 0.0316. The van der Waals surface area contributed by atoms with Crippen LogP contribution in [0, 0.1) is 0 Å². The third kappa shape index (κ3) is 6.49. The Hall–Kier alpha value is -2.53. The highest BCUT2D eigenvalue weighted by Gasteiger charge is 2.24. The largest absolute Gasteiger partial charge is 0.508 e. The number of esters is 1. The lowest BCUT2D eigenvalue weighted by atomic mass is 10.0. The fraction of sp³-hybridized carbons (Fsp3) is 0.480. The van der Waals surface area contributed by atoms with Gasteiger partial charge >= 0.3 is 5.97 Å². The molecule has 1 aliphatic heterocycles. The van der Waals surface area contributed by atoms with Crippen molar-refractivity contribution in [2.24, 2.45) is 0 Å². The number of nitrogens with zero attached hydrogens (tertiary/aromatic N) is 1. The van der Waals surface area contributed by atoms with Gasteiger partial charge in [0.05, 0.1) is 6.61 Å². The minimum Gasteiger partial charge on any atom is -0.508 e. The van der Waals surface area contributed by atoms with Crippen molar-refractivity contribution in [2.75, 3.05) is 26.3 Å². The molecule has 0 bridgehead atoms. The van der Waals surface area contributed by atoms with Gasteiger partial charge < -0.3 is 14.6 Å². The summed E-state index contributed by atoms with van der Waals surface area (Å²) in [5.74, 6) is 0.0518. The van der Waals surface area contributed by atoms with E-state index in [2.05, 4.69) is 24.0 Å². The third-order valence-corrected chi connectivity index (χ3v) is 5.57. The van der Waals surface area contributed by atoms with Crippen LogP contribution in [0.25, 0.3) is 0 Å². The molecular weight excluding hydrogens is 378 g/mol. The van der Waals surface area contributed by atoms with Crippen LogP contribution in [0.1, 0.15) is 54.9 Å². The number of piperidine rings is 1. The maximum Gasteiger partial charge on any atom is 0.341 e. The van der Waals surface area contributed by atoms with Crippen LogP contribution in [0.5, 0.6) is 11.5 Å². The Morgan fingerprint density at radius 1 is 1.10 bits per heavy atom. The third-order valence-electron chi connectivity index (χ3n) is 5.57. The Morgan fingerprint density at radius 3 is 2.60 bits per heavy atom. The van der Waals surface area contributed by atoms with E-state index in [0.29, 0.717) is 24.5 Å². The molecule has 1 N–H and O–H groups in total. The molecule has 1 aliphatic rings. The molecule has 0 amide bonds. The average molecular weight is 412 g/mol. The first kappa shape index (κ1) is 22.2. The summed E-state index contributed by atoms with van der Waals surface area (Å²) >= 11 is 0. The van der Waals surface area contributed by atoms with Gasteiger partial charge in [-0.1, -0.05) is 50.1 Å². The van der Waals surface area contributed by atoms with Crippen LogP contribution < -0.4 is 4.74 Å². The van der Waals surface area contributed by atoms with Gasteiger partial charge in [-0.05, 0) is 56.5 Å². The summed E-state index contributed by atoms with van der Waals surface area (Å²) in [6.45, 7) is 5.00. The number of hydrogen-bond acceptors (Lipinski definition) is 5. The number of carbonyl (C=O) groups excluding carboxylic acids is 1. The zero-order chi connectivity index (χ0) is 21.2. The smallest absolute Gasteiger partial charge is 0.341 e. The zero-order valence-electron chi connectivity index (χ0n) is 17.9. The molecule has 5 nitrogen and oxygen atoms in total.